The lowest BCUT2D eigenvalue weighted by atomic mass is 10.1. The molecule has 0 saturated carbocycles. The van der Waals surface area contributed by atoms with Crippen LogP contribution in [0, 0.1) is 6.92 Å². The molecule has 1 aromatic carbocycles. The topological polar surface area (TPSA) is 43.0 Å². The summed E-state index contributed by atoms with van der Waals surface area (Å²) in [6.45, 7) is 6.63. The number of likely N-dealkylation sites (N-methyl/N-ethyl adjacent to an activating group) is 1. The molecular weight excluding hydrogens is 268 g/mol. The molecule has 0 bridgehead atoms. The molecule has 1 aromatic rings. The van der Waals surface area contributed by atoms with Gasteiger partial charge in [0.1, 0.15) is 0 Å². The summed E-state index contributed by atoms with van der Waals surface area (Å²) >= 11 is 0. The van der Waals surface area contributed by atoms with Gasteiger partial charge in [0.05, 0.1) is 26.9 Å². The van der Waals surface area contributed by atoms with Gasteiger partial charge in [0.15, 0.2) is 11.5 Å². The van der Waals surface area contributed by atoms with Gasteiger partial charge in [-0.3, -0.25) is 4.90 Å². The van der Waals surface area contributed by atoms with Crippen LogP contribution in [0.2, 0.25) is 0 Å². The third kappa shape index (κ3) is 4.09. The Morgan fingerprint density at radius 2 is 2.00 bits per heavy atom. The standard InChI is InChI=1S/C16H26N2O3/c1-12-7-15(19-3)16(20-4)8-13(12)10-18-5-6-21-14(11-18)9-17-2/h7-8,14,17H,5-6,9-11H2,1-4H3. The van der Waals surface area contributed by atoms with Crippen LogP contribution in [-0.2, 0) is 11.3 Å². The van der Waals surface area contributed by atoms with Gasteiger partial charge in [-0.15, -0.1) is 0 Å². The lowest BCUT2D eigenvalue weighted by molar-refractivity contribution is -0.0292. The third-order valence-electron chi connectivity index (χ3n) is 3.89. The van der Waals surface area contributed by atoms with Crippen LogP contribution in [0.5, 0.6) is 11.5 Å². The number of rotatable bonds is 6. The van der Waals surface area contributed by atoms with Crippen molar-refractivity contribution in [3.05, 3.63) is 23.3 Å². The summed E-state index contributed by atoms with van der Waals surface area (Å²) in [5.41, 5.74) is 2.50. The second-order valence-electron chi connectivity index (χ2n) is 5.42. The maximum Gasteiger partial charge on any atom is 0.161 e. The van der Waals surface area contributed by atoms with Gasteiger partial charge >= 0.3 is 0 Å². The molecule has 1 atom stereocenters. The number of benzene rings is 1. The smallest absolute Gasteiger partial charge is 0.161 e. The van der Waals surface area contributed by atoms with E-state index >= 15 is 0 Å². The van der Waals surface area contributed by atoms with E-state index in [2.05, 4.69) is 23.2 Å². The molecule has 0 aliphatic carbocycles. The van der Waals surface area contributed by atoms with Crippen LogP contribution in [0.15, 0.2) is 12.1 Å². The van der Waals surface area contributed by atoms with Gasteiger partial charge < -0.3 is 19.5 Å². The molecule has 5 heteroatoms. The molecule has 5 nitrogen and oxygen atoms in total. The molecule has 0 amide bonds. The highest BCUT2D eigenvalue weighted by atomic mass is 16.5. The minimum absolute atomic E-state index is 0.268. The number of methoxy groups -OCH3 is 2. The lowest BCUT2D eigenvalue weighted by Crippen LogP contribution is -2.45. The molecule has 1 heterocycles. The maximum atomic E-state index is 5.75. The van der Waals surface area contributed by atoms with Gasteiger partial charge in [0.2, 0.25) is 0 Å². The first kappa shape index (κ1) is 16.1. The minimum Gasteiger partial charge on any atom is -0.493 e. The monoisotopic (exact) mass is 294 g/mol. The van der Waals surface area contributed by atoms with Crippen LogP contribution in [0.25, 0.3) is 0 Å². The molecule has 21 heavy (non-hydrogen) atoms. The zero-order valence-corrected chi connectivity index (χ0v) is 13.4. The molecule has 118 valence electrons. The zero-order chi connectivity index (χ0) is 15.2. The van der Waals surface area contributed by atoms with Crippen LogP contribution >= 0.6 is 0 Å². The quantitative estimate of drug-likeness (QED) is 0.860. The van der Waals surface area contributed by atoms with E-state index in [4.69, 9.17) is 14.2 Å². The van der Waals surface area contributed by atoms with Crippen molar-refractivity contribution in [2.24, 2.45) is 0 Å². The number of morpholine rings is 1. The summed E-state index contributed by atoms with van der Waals surface area (Å²) in [5.74, 6) is 1.58. The molecule has 1 unspecified atom stereocenters. The van der Waals surface area contributed by atoms with Crippen molar-refractivity contribution in [1.82, 2.24) is 10.2 Å². The SMILES string of the molecule is CNCC1CN(Cc2cc(OC)c(OC)cc2C)CCO1. The maximum absolute atomic E-state index is 5.75. The fraction of sp³-hybridized carbons (Fsp3) is 0.625. The van der Waals surface area contributed by atoms with E-state index in [1.54, 1.807) is 14.2 Å². The molecule has 0 radical (unpaired) electrons. The van der Waals surface area contributed by atoms with Crippen molar-refractivity contribution in [3.63, 3.8) is 0 Å². The molecule has 1 saturated heterocycles. The highest BCUT2D eigenvalue weighted by molar-refractivity contribution is 5.47. The Hall–Kier alpha value is -1.30. The van der Waals surface area contributed by atoms with E-state index in [0.29, 0.717) is 0 Å². The first-order valence-corrected chi connectivity index (χ1v) is 7.38. The summed E-state index contributed by atoms with van der Waals surface area (Å²) in [6.07, 6.45) is 0.268. The van der Waals surface area contributed by atoms with E-state index in [9.17, 15) is 0 Å². The fourth-order valence-electron chi connectivity index (χ4n) is 2.71. The Morgan fingerprint density at radius 1 is 1.29 bits per heavy atom. The van der Waals surface area contributed by atoms with Crippen LogP contribution in [0.1, 0.15) is 11.1 Å². The zero-order valence-electron chi connectivity index (χ0n) is 13.4. The second kappa shape index (κ2) is 7.64. The van der Waals surface area contributed by atoms with Crippen molar-refractivity contribution in [2.75, 3.05) is 47.5 Å². The van der Waals surface area contributed by atoms with Crippen molar-refractivity contribution in [3.8, 4) is 11.5 Å². The molecule has 0 spiro atoms. The second-order valence-corrected chi connectivity index (χ2v) is 5.42. The van der Waals surface area contributed by atoms with Crippen molar-refractivity contribution in [2.45, 2.75) is 19.6 Å². The highest BCUT2D eigenvalue weighted by Gasteiger charge is 2.21. The van der Waals surface area contributed by atoms with Crippen molar-refractivity contribution >= 4 is 0 Å². The molecule has 2 rings (SSSR count). The van der Waals surface area contributed by atoms with Crippen LogP contribution in [-0.4, -0.2) is 58.5 Å². The average molecular weight is 294 g/mol. The molecule has 1 aliphatic heterocycles. The average Bonchev–Trinajstić information content (AvgIpc) is 2.49. The third-order valence-corrected chi connectivity index (χ3v) is 3.89. The van der Waals surface area contributed by atoms with E-state index in [1.807, 2.05) is 13.1 Å². The molecule has 1 aliphatic rings. The van der Waals surface area contributed by atoms with Gasteiger partial charge in [0, 0.05) is 26.2 Å². The Labute approximate surface area is 127 Å². The number of nitrogens with one attached hydrogen (secondary N) is 1. The molecule has 1 fully saturated rings. The number of nitrogens with zero attached hydrogens (tertiary/aromatic N) is 1. The van der Waals surface area contributed by atoms with Crippen LogP contribution in [0.3, 0.4) is 0 Å². The van der Waals surface area contributed by atoms with Gasteiger partial charge in [0.25, 0.3) is 0 Å². The number of hydrogen-bond donors (Lipinski definition) is 1. The number of hydrogen-bond acceptors (Lipinski definition) is 5. The van der Waals surface area contributed by atoms with Crippen molar-refractivity contribution in [1.29, 1.82) is 0 Å². The van der Waals surface area contributed by atoms with Gasteiger partial charge in [-0.2, -0.15) is 0 Å². The van der Waals surface area contributed by atoms with Gasteiger partial charge in [-0.1, -0.05) is 0 Å². The number of aryl methyl sites for hydroxylation is 1. The van der Waals surface area contributed by atoms with Crippen LogP contribution < -0.4 is 14.8 Å². The molecule has 0 aromatic heterocycles. The largest absolute Gasteiger partial charge is 0.493 e. The summed E-state index contributed by atoms with van der Waals surface area (Å²) < 4.78 is 16.5. The van der Waals surface area contributed by atoms with E-state index in [0.717, 1.165) is 44.3 Å². The van der Waals surface area contributed by atoms with Crippen molar-refractivity contribution < 1.29 is 14.2 Å². The minimum atomic E-state index is 0.268. The molecular formula is C16H26N2O3. The van der Waals surface area contributed by atoms with E-state index < -0.39 is 0 Å². The van der Waals surface area contributed by atoms with Gasteiger partial charge in [-0.25, -0.2) is 0 Å². The first-order valence-electron chi connectivity index (χ1n) is 7.38. The first-order chi connectivity index (χ1) is 10.2. The summed E-state index contributed by atoms with van der Waals surface area (Å²) in [6, 6.07) is 4.12. The lowest BCUT2D eigenvalue weighted by Gasteiger charge is -2.33. The predicted octanol–water partition coefficient (Wildman–Crippen LogP) is 1.43. The Bertz CT molecular complexity index is 463. The summed E-state index contributed by atoms with van der Waals surface area (Å²) in [4.78, 5) is 2.43. The fourth-order valence-corrected chi connectivity index (χ4v) is 2.71. The summed E-state index contributed by atoms with van der Waals surface area (Å²) in [7, 11) is 5.30. The summed E-state index contributed by atoms with van der Waals surface area (Å²) in [5, 5.41) is 3.18. The normalized spacial score (nSPS) is 19.5. The van der Waals surface area contributed by atoms with E-state index in [-0.39, 0.29) is 6.10 Å². The highest BCUT2D eigenvalue weighted by Crippen LogP contribution is 2.31. The number of ether oxygens (including phenoxy) is 3. The Balaban J connectivity index is 2.08. The molecule has 1 N–H and O–H groups in total. The van der Waals surface area contributed by atoms with Gasteiger partial charge in [-0.05, 0) is 37.2 Å². The van der Waals surface area contributed by atoms with E-state index in [1.165, 1.54) is 11.1 Å². The van der Waals surface area contributed by atoms with Crippen LogP contribution in [0.4, 0.5) is 0 Å². The predicted molar refractivity (Wildman–Crippen MR) is 83.2 cm³/mol. The Morgan fingerprint density at radius 3 is 2.67 bits per heavy atom. The Kier molecular flexibility index (Phi) is 5.85.